The molecular formula is C33H44N6O6S. The molecule has 0 aliphatic heterocycles. The van der Waals surface area contributed by atoms with Gasteiger partial charge in [0.05, 0.1) is 47.3 Å². The summed E-state index contributed by atoms with van der Waals surface area (Å²) in [4.78, 5) is 37.5. The van der Waals surface area contributed by atoms with Gasteiger partial charge in [0.1, 0.15) is 18.9 Å². The van der Waals surface area contributed by atoms with Crippen molar-refractivity contribution in [3.05, 3.63) is 94.5 Å². The highest BCUT2D eigenvalue weighted by Gasteiger charge is 2.31. The maximum Gasteiger partial charge on any atom is 0.407 e. The van der Waals surface area contributed by atoms with Gasteiger partial charge < -0.3 is 28.9 Å². The Bertz CT molecular complexity index is 1460. The molecule has 13 heteroatoms. The summed E-state index contributed by atoms with van der Waals surface area (Å²) in [7, 11) is 1.73. The topological polar surface area (TPSA) is 146 Å². The van der Waals surface area contributed by atoms with Gasteiger partial charge in [-0.25, -0.2) is 20.2 Å². The fraction of sp³-hybridized carbons (Fsp3) is 0.455. The maximum absolute atomic E-state index is 13.8. The number of nitrogens with zero attached hydrogens (tertiary/aromatic N) is 4. The van der Waals surface area contributed by atoms with Gasteiger partial charge in [-0.05, 0) is 24.0 Å². The number of hydrazine groups is 1. The first-order valence-corrected chi connectivity index (χ1v) is 16.2. The van der Waals surface area contributed by atoms with Crippen LogP contribution in [0.25, 0.3) is 0 Å². The zero-order valence-corrected chi connectivity index (χ0v) is 27.8. The zero-order valence-electron chi connectivity index (χ0n) is 27.0. The number of oxazole rings is 1. The van der Waals surface area contributed by atoms with Gasteiger partial charge in [-0.3, -0.25) is 9.78 Å². The summed E-state index contributed by atoms with van der Waals surface area (Å²) >= 11 is 1.39. The first kappa shape index (κ1) is 34.8. The quantitative estimate of drug-likeness (QED) is 0.137. The molecule has 0 saturated carbocycles. The van der Waals surface area contributed by atoms with Gasteiger partial charge in [0.2, 0.25) is 5.91 Å². The first-order chi connectivity index (χ1) is 22.1. The van der Waals surface area contributed by atoms with Crippen molar-refractivity contribution in [3.63, 3.8) is 0 Å². The molecule has 0 aliphatic carbocycles. The van der Waals surface area contributed by atoms with Crippen LogP contribution in [0.2, 0.25) is 0 Å². The number of ether oxygens (including phenoxy) is 1. The summed E-state index contributed by atoms with van der Waals surface area (Å²) in [5.41, 5.74) is 7.51. The molecule has 248 valence electrons. The molecule has 1 aromatic carbocycles. The van der Waals surface area contributed by atoms with Crippen molar-refractivity contribution in [2.45, 2.75) is 77.9 Å². The summed E-state index contributed by atoms with van der Waals surface area (Å²) in [6.07, 6.45) is 5.10. The Morgan fingerprint density at radius 2 is 1.85 bits per heavy atom. The van der Waals surface area contributed by atoms with E-state index in [1.807, 2.05) is 64.1 Å². The van der Waals surface area contributed by atoms with Gasteiger partial charge in [-0.2, -0.15) is 0 Å². The lowest BCUT2D eigenvalue weighted by Crippen LogP contribution is -2.58. The lowest BCUT2D eigenvalue weighted by molar-refractivity contribution is -0.136. The molecule has 46 heavy (non-hydrogen) atoms. The second-order valence-corrected chi connectivity index (χ2v) is 12.9. The van der Waals surface area contributed by atoms with Crippen LogP contribution < -0.4 is 10.7 Å². The molecule has 0 aliphatic rings. The van der Waals surface area contributed by atoms with Crippen molar-refractivity contribution in [1.82, 2.24) is 30.6 Å². The maximum atomic E-state index is 13.8. The predicted octanol–water partition coefficient (Wildman–Crippen LogP) is 4.74. The average Bonchev–Trinajstić information content (AvgIpc) is 3.82. The second-order valence-electron chi connectivity index (χ2n) is 11.9. The fourth-order valence-corrected chi connectivity index (χ4v) is 5.32. The summed E-state index contributed by atoms with van der Waals surface area (Å²) in [5.74, 6) is 0.535. The third-order valence-corrected chi connectivity index (χ3v) is 8.10. The Morgan fingerprint density at radius 3 is 2.48 bits per heavy atom. The van der Waals surface area contributed by atoms with Crippen LogP contribution in [0.3, 0.4) is 0 Å². The molecular weight excluding hydrogens is 608 g/mol. The van der Waals surface area contributed by atoms with E-state index in [-0.39, 0.29) is 37.4 Å². The number of rotatable bonds is 17. The van der Waals surface area contributed by atoms with Gasteiger partial charge >= 0.3 is 6.09 Å². The highest BCUT2D eigenvalue weighted by atomic mass is 32.1. The predicted molar refractivity (Wildman–Crippen MR) is 173 cm³/mol. The molecule has 0 unspecified atom stereocenters. The fourth-order valence-electron chi connectivity index (χ4n) is 4.82. The van der Waals surface area contributed by atoms with Gasteiger partial charge in [-0.1, -0.05) is 58.0 Å². The van der Waals surface area contributed by atoms with Crippen molar-refractivity contribution in [1.29, 1.82) is 0 Å². The minimum absolute atomic E-state index is 0.0810. The smallest absolute Gasteiger partial charge is 0.407 e. The van der Waals surface area contributed by atoms with Crippen LogP contribution in [0.5, 0.6) is 0 Å². The molecule has 2 amide bonds. The second kappa shape index (κ2) is 17.0. The van der Waals surface area contributed by atoms with Crippen molar-refractivity contribution in [2.75, 3.05) is 13.6 Å². The van der Waals surface area contributed by atoms with Crippen LogP contribution in [0.1, 0.15) is 61.2 Å². The number of carbonyl (C=O) groups excluding carboxylic acids is 2. The first-order valence-electron chi connectivity index (χ1n) is 15.3. The molecule has 4 aromatic rings. The number of nitrogens with one attached hydrogen (secondary N) is 2. The van der Waals surface area contributed by atoms with Crippen molar-refractivity contribution in [2.24, 2.45) is 5.92 Å². The van der Waals surface area contributed by atoms with E-state index in [2.05, 4.69) is 20.7 Å². The number of aliphatic hydroxyl groups is 1. The highest BCUT2D eigenvalue weighted by Crippen LogP contribution is 2.17. The van der Waals surface area contributed by atoms with Crippen molar-refractivity contribution >= 4 is 23.3 Å². The van der Waals surface area contributed by atoms with E-state index in [0.717, 1.165) is 16.0 Å². The van der Waals surface area contributed by atoms with Crippen molar-refractivity contribution in [3.8, 4) is 0 Å². The molecule has 12 nitrogen and oxygen atoms in total. The van der Waals surface area contributed by atoms with E-state index in [9.17, 15) is 14.7 Å². The lowest BCUT2D eigenvalue weighted by atomic mass is 10.0. The van der Waals surface area contributed by atoms with Gasteiger partial charge in [0.25, 0.3) is 0 Å². The highest BCUT2D eigenvalue weighted by molar-refractivity contribution is 7.09. The number of carbonyl (C=O) groups is 2. The average molecular weight is 653 g/mol. The van der Waals surface area contributed by atoms with Gasteiger partial charge in [0.15, 0.2) is 5.89 Å². The summed E-state index contributed by atoms with van der Waals surface area (Å²) in [5, 5.41) is 16.3. The zero-order chi connectivity index (χ0) is 33.1. The van der Waals surface area contributed by atoms with Crippen LogP contribution in [-0.2, 0) is 35.6 Å². The Kier molecular flexibility index (Phi) is 12.9. The molecule has 0 bridgehead atoms. The monoisotopic (exact) mass is 652 g/mol. The molecule has 0 fully saturated rings. The number of hydrogen-bond donors (Lipinski definition) is 3. The molecule has 3 heterocycles. The van der Waals surface area contributed by atoms with Crippen LogP contribution in [0.15, 0.2) is 75.7 Å². The normalized spacial score (nSPS) is 13.6. The Morgan fingerprint density at radius 1 is 1.07 bits per heavy atom. The molecule has 3 atom stereocenters. The number of benzene rings is 1. The van der Waals surface area contributed by atoms with Crippen LogP contribution in [-0.4, -0.2) is 68.8 Å². The summed E-state index contributed by atoms with van der Waals surface area (Å²) in [6, 6.07) is 10.1. The molecule has 3 aromatic heterocycles. The number of amides is 2. The van der Waals surface area contributed by atoms with Crippen LogP contribution in [0.4, 0.5) is 4.79 Å². The Hall–Kier alpha value is -4.04. The van der Waals surface area contributed by atoms with Crippen LogP contribution >= 0.6 is 11.3 Å². The lowest BCUT2D eigenvalue weighted by Gasteiger charge is -2.35. The molecule has 4 rings (SSSR count). The largest absolute Gasteiger partial charge is 0.472 e. The molecule has 0 saturated heterocycles. The summed E-state index contributed by atoms with van der Waals surface area (Å²) in [6.45, 7) is 8.70. The standard InChI is InChI=1S/C33H44N6O6S/c1-22(2)30(32(41)38(5)16-26-19-44-31(35-26)23(3)4)37-39(15-25-11-12-43-18-25)17-29(40)28(13-24-9-7-6-8-10-24)36-33(42)45-20-27-14-34-21-46-27/h6-12,14,18-19,21-23,28-30,37,40H,13,15-17,20H2,1-5H3,(H,36,42)/t28-,29-,30-/m0/s1. The number of aliphatic hydroxyl groups excluding tert-OH is 1. The van der Waals surface area contributed by atoms with Crippen LogP contribution in [0, 0.1) is 5.92 Å². The van der Waals surface area contributed by atoms with Gasteiger partial charge in [-0.15, -0.1) is 11.3 Å². The van der Waals surface area contributed by atoms with E-state index in [1.54, 1.807) is 47.5 Å². The number of aromatic nitrogens is 2. The minimum atomic E-state index is -1.04. The third-order valence-electron chi connectivity index (χ3n) is 7.35. The minimum Gasteiger partial charge on any atom is -0.472 e. The molecule has 3 N–H and O–H groups in total. The molecule has 0 radical (unpaired) electrons. The number of hydrogen-bond acceptors (Lipinski definition) is 11. The Labute approximate surface area is 273 Å². The molecule has 0 spiro atoms. The van der Waals surface area contributed by atoms with E-state index in [0.29, 0.717) is 24.6 Å². The number of alkyl carbamates (subject to hydrolysis) is 1. The number of furan rings is 1. The number of thiazole rings is 1. The van der Waals surface area contributed by atoms with Crippen molar-refractivity contribution < 1.29 is 28.3 Å². The van der Waals surface area contributed by atoms with E-state index >= 15 is 0 Å². The van der Waals surface area contributed by atoms with E-state index < -0.39 is 24.3 Å². The van der Waals surface area contributed by atoms with Gasteiger partial charge in [0, 0.05) is 37.8 Å². The van der Waals surface area contributed by atoms with E-state index in [1.165, 1.54) is 11.3 Å². The summed E-state index contributed by atoms with van der Waals surface area (Å²) < 4.78 is 16.3. The van der Waals surface area contributed by atoms with E-state index in [4.69, 9.17) is 13.6 Å². The third kappa shape index (κ3) is 10.5. The number of likely N-dealkylation sites (N-methyl/N-ethyl adjacent to an activating group) is 1. The Balaban J connectivity index is 1.48. The SMILES string of the molecule is CC(C)c1nc(CN(C)C(=O)[C@@H](NN(Cc2ccoc2)C[C@H](O)[C@H](Cc2ccccc2)NC(=O)OCc2cncs2)C(C)C)co1.